The molecule has 4 fully saturated rings. The van der Waals surface area contributed by atoms with E-state index in [-0.39, 0.29) is 12.2 Å². The summed E-state index contributed by atoms with van der Waals surface area (Å²) in [4.78, 5) is 0. The fourth-order valence-corrected chi connectivity index (χ4v) is 6.59. The number of aliphatic hydroxyl groups excluding tert-OH is 2. The largest absolute Gasteiger partial charge is 0.389 e. The predicted molar refractivity (Wildman–Crippen MR) is 120 cm³/mol. The van der Waals surface area contributed by atoms with Crippen LogP contribution in [0.15, 0.2) is 47.6 Å². The number of rotatable bonds is 5. The average Bonchev–Trinajstić information content (AvgIpc) is 3.48. The van der Waals surface area contributed by atoms with Crippen LogP contribution in [0.4, 0.5) is 0 Å². The summed E-state index contributed by atoms with van der Waals surface area (Å²) in [5.74, 6) is 2.45. The van der Waals surface area contributed by atoms with E-state index in [0.717, 1.165) is 24.8 Å². The minimum atomic E-state index is -0.348. The van der Waals surface area contributed by atoms with Crippen LogP contribution in [0.1, 0.15) is 78.1 Å². The van der Waals surface area contributed by atoms with Gasteiger partial charge < -0.3 is 10.2 Å². The van der Waals surface area contributed by atoms with Gasteiger partial charge in [-0.05, 0) is 104 Å². The van der Waals surface area contributed by atoms with Gasteiger partial charge in [-0.15, -0.1) is 0 Å². The molecule has 6 atom stereocenters. The zero-order chi connectivity index (χ0) is 20.6. The molecule has 0 amide bonds. The first-order valence-electron chi connectivity index (χ1n) is 12.0. The number of aliphatic hydroxyl groups is 2. The number of hydrogen-bond donors (Lipinski definition) is 2. The maximum Gasteiger partial charge on any atom is 0.0787 e. The van der Waals surface area contributed by atoms with Crippen molar-refractivity contribution >= 4 is 0 Å². The first kappa shape index (κ1) is 21.1. The van der Waals surface area contributed by atoms with E-state index >= 15 is 0 Å². The lowest BCUT2D eigenvalue weighted by molar-refractivity contribution is 0.111. The van der Waals surface area contributed by atoms with Crippen LogP contribution in [-0.2, 0) is 0 Å². The summed E-state index contributed by atoms with van der Waals surface area (Å²) in [5.41, 5.74) is 4.18. The lowest BCUT2D eigenvalue weighted by atomic mass is 9.61. The first-order valence-corrected chi connectivity index (χ1v) is 12.0. The quantitative estimate of drug-likeness (QED) is 0.550. The fourth-order valence-electron chi connectivity index (χ4n) is 6.59. The van der Waals surface area contributed by atoms with E-state index in [1.165, 1.54) is 50.5 Å². The molecule has 2 nitrogen and oxygen atoms in total. The summed E-state index contributed by atoms with van der Waals surface area (Å²) in [6, 6.07) is 0. The molecule has 0 spiro atoms. The van der Waals surface area contributed by atoms with Crippen LogP contribution in [0.3, 0.4) is 0 Å². The zero-order valence-corrected chi connectivity index (χ0v) is 18.4. The number of allylic oxidation sites excluding steroid dienone is 4. The van der Waals surface area contributed by atoms with Crippen LogP contribution in [0.25, 0.3) is 0 Å². The second-order valence-corrected chi connectivity index (χ2v) is 10.5. The van der Waals surface area contributed by atoms with E-state index in [2.05, 4.69) is 44.7 Å². The van der Waals surface area contributed by atoms with Gasteiger partial charge in [-0.2, -0.15) is 0 Å². The normalized spacial score (nSPS) is 40.6. The third-order valence-corrected chi connectivity index (χ3v) is 8.63. The molecule has 0 radical (unpaired) electrons. The standard InChI is InChI=1S/C27H40O2/c1-18(9-16-26(29)22-12-13-22)23-14-15-24-21(7-5-17-27(23,24)3)11-10-20-6-4-8-25(28)19(20)2/h9-11,16,18,22-26,28-29H,2,4-8,12-15,17H2,1,3H3/b16-9+,20-10-,21-11+/t18-,23?,24?,25+,26?,27-/m1/s1. The second kappa shape index (κ2) is 8.55. The molecule has 29 heavy (non-hydrogen) atoms. The molecule has 0 bridgehead atoms. The Bertz CT molecular complexity index is 710. The molecular weight excluding hydrogens is 356 g/mol. The van der Waals surface area contributed by atoms with Crippen molar-refractivity contribution in [1.29, 1.82) is 0 Å². The van der Waals surface area contributed by atoms with Crippen molar-refractivity contribution in [1.82, 2.24) is 0 Å². The van der Waals surface area contributed by atoms with Gasteiger partial charge in [0.05, 0.1) is 12.2 Å². The lowest BCUT2D eigenvalue weighted by Gasteiger charge is -2.44. The Balaban J connectivity index is 1.47. The third-order valence-electron chi connectivity index (χ3n) is 8.63. The summed E-state index contributed by atoms with van der Waals surface area (Å²) >= 11 is 0. The Morgan fingerprint density at radius 1 is 1.03 bits per heavy atom. The summed E-state index contributed by atoms with van der Waals surface area (Å²) in [6.45, 7) is 9.02. The summed E-state index contributed by atoms with van der Waals surface area (Å²) in [6.07, 6.45) is 20.3. The van der Waals surface area contributed by atoms with Crippen molar-refractivity contribution in [2.24, 2.45) is 29.1 Å². The Labute approximate surface area is 177 Å². The molecule has 4 aliphatic carbocycles. The minimum Gasteiger partial charge on any atom is -0.389 e. The van der Waals surface area contributed by atoms with Crippen LogP contribution >= 0.6 is 0 Å². The predicted octanol–water partition coefficient (Wildman–Crippen LogP) is 6.12. The van der Waals surface area contributed by atoms with Crippen LogP contribution < -0.4 is 0 Å². The van der Waals surface area contributed by atoms with Gasteiger partial charge in [0.25, 0.3) is 0 Å². The second-order valence-electron chi connectivity index (χ2n) is 10.5. The average molecular weight is 397 g/mol. The van der Waals surface area contributed by atoms with E-state index < -0.39 is 0 Å². The van der Waals surface area contributed by atoms with Crippen molar-refractivity contribution in [3.8, 4) is 0 Å². The number of hydrogen-bond acceptors (Lipinski definition) is 2. The van der Waals surface area contributed by atoms with Crippen molar-refractivity contribution in [3.05, 3.63) is 47.6 Å². The van der Waals surface area contributed by atoms with Gasteiger partial charge in [-0.1, -0.05) is 50.3 Å². The molecule has 0 aliphatic heterocycles. The molecule has 0 heterocycles. The van der Waals surface area contributed by atoms with Gasteiger partial charge in [0.15, 0.2) is 0 Å². The zero-order valence-electron chi connectivity index (χ0n) is 18.4. The van der Waals surface area contributed by atoms with E-state index in [0.29, 0.717) is 29.1 Å². The highest BCUT2D eigenvalue weighted by Gasteiger charge is 2.50. The molecule has 2 N–H and O–H groups in total. The Hall–Kier alpha value is -1.12. The van der Waals surface area contributed by atoms with E-state index in [4.69, 9.17) is 0 Å². The van der Waals surface area contributed by atoms with Crippen molar-refractivity contribution < 1.29 is 10.2 Å². The van der Waals surface area contributed by atoms with E-state index in [9.17, 15) is 10.2 Å². The van der Waals surface area contributed by atoms with Gasteiger partial charge in [0.2, 0.25) is 0 Å². The first-order chi connectivity index (χ1) is 13.9. The van der Waals surface area contributed by atoms with Gasteiger partial charge >= 0.3 is 0 Å². The smallest absolute Gasteiger partial charge is 0.0787 e. The molecule has 4 saturated carbocycles. The minimum absolute atomic E-state index is 0.227. The molecule has 0 aromatic carbocycles. The molecule has 0 aromatic rings. The molecule has 4 aliphatic rings. The maximum absolute atomic E-state index is 10.2. The van der Waals surface area contributed by atoms with Crippen LogP contribution in [-0.4, -0.2) is 22.4 Å². The van der Waals surface area contributed by atoms with Crippen molar-refractivity contribution in [2.45, 2.75) is 90.3 Å². The monoisotopic (exact) mass is 396 g/mol. The third kappa shape index (κ3) is 4.35. The molecule has 4 rings (SSSR count). The van der Waals surface area contributed by atoms with E-state index in [1.54, 1.807) is 5.57 Å². The van der Waals surface area contributed by atoms with Crippen LogP contribution in [0, 0.1) is 29.1 Å². The summed E-state index contributed by atoms with van der Waals surface area (Å²) in [5, 5.41) is 20.3. The molecule has 0 saturated heterocycles. The fraction of sp³-hybridized carbons (Fsp3) is 0.704. The highest BCUT2D eigenvalue weighted by atomic mass is 16.3. The highest BCUT2D eigenvalue weighted by molar-refractivity contribution is 5.37. The maximum atomic E-state index is 10.2. The van der Waals surface area contributed by atoms with Crippen molar-refractivity contribution in [2.75, 3.05) is 0 Å². The molecule has 2 heteroatoms. The van der Waals surface area contributed by atoms with Gasteiger partial charge in [0, 0.05) is 0 Å². The van der Waals surface area contributed by atoms with Gasteiger partial charge in [0.1, 0.15) is 0 Å². The van der Waals surface area contributed by atoms with Gasteiger partial charge in [-0.3, -0.25) is 0 Å². The van der Waals surface area contributed by atoms with Crippen molar-refractivity contribution in [3.63, 3.8) is 0 Å². The molecular formula is C27H40O2. The molecule has 160 valence electrons. The lowest BCUT2D eigenvalue weighted by Crippen LogP contribution is -2.35. The summed E-state index contributed by atoms with van der Waals surface area (Å²) < 4.78 is 0. The topological polar surface area (TPSA) is 40.5 Å². The Morgan fingerprint density at radius 3 is 2.59 bits per heavy atom. The highest BCUT2D eigenvalue weighted by Crippen LogP contribution is 2.59. The van der Waals surface area contributed by atoms with Gasteiger partial charge in [-0.25, -0.2) is 0 Å². The Kier molecular flexibility index (Phi) is 6.23. The van der Waals surface area contributed by atoms with Crippen LogP contribution in [0.2, 0.25) is 0 Å². The molecule has 3 unspecified atom stereocenters. The summed E-state index contributed by atoms with van der Waals surface area (Å²) in [7, 11) is 0. The molecule has 0 aromatic heterocycles. The SMILES string of the molecule is C=C1/C(=C\C=C2/CCC[C@@]3(C)C2CCC3[C@H](C)/C=C/C(O)C2CC2)CCC[C@@H]1O. The van der Waals surface area contributed by atoms with E-state index in [1.807, 2.05) is 0 Å². The Morgan fingerprint density at radius 2 is 1.83 bits per heavy atom. The van der Waals surface area contributed by atoms with Crippen LogP contribution in [0.5, 0.6) is 0 Å². The number of fused-ring (bicyclic) bond motifs is 1.